The minimum absolute atomic E-state index is 0.439. The van der Waals surface area contributed by atoms with E-state index in [2.05, 4.69) is 36.5 Å². The van der Waals surface area contributed by atoms with E-state index in [0.717, 1.165) is 12.8 Å². The minimum atomic E-state index is 0.439. The highest BCUT2D eigenvalue weighted by atomic mass is 32.1. The summed E-state index contributed by atoms with van der Waals surface area (Å²) in [6, 6.07) is 0.439. The molecule has 1 aromatic heterocycles. The summed E-state index contributed by atoms with van der Waals surface area (Å²) in [6.07, 6.45) is 2.12. The van der Waals surface area contributed by atoms with Gasteiger partial charge in [0.25, 0.3) is 0 Å². The molecule has 1 unspecified atom stereocenters. The summed E-state index contributed by atoms with van der Waals surface area (Å²) in [5, 5.41) is 7.79. The van der Waals surface area contributed by atoms with Gasteiger partial charge < -0.3 is 5.32 Å². The molecule has 1 heterocycles. The lowest BCUT2D eigenvalue weighted by Gasteiger charge is -2.17. The number of rotatable bonds is 5. The van der Waals surface area contributed by atoms with E-state index in [9.17, 15) is 0 Å². The molecule has 0 spiro atoms. The largest absolute Gasteiger partial charge is 0.313 e. The fourth-order valence-corrected chi connectivity index (χ4v) is 2.43. The SMILES string of the molecule is C=C(CC)CC(NC)c1cscc1C. The molecule has 0 aromatic carbocycles. The molecule has 0 aliphatic rings. The van der Waals surface area contributed by atoms with Crippen LogP contribution in [0.5, 0.6) is 0 Å². The zero-order valence-corrected chi connectivity index (χ0v) is 10.1. The van der Waals surface area contributed by atoms with Crippen LogP contribution in [-0.2, 0) is 0 Å². The first-order chi connectivity index (χ1) is 6.69. The van der Waals surface area contributed by atoms with Gasteiger partial charge in [-0.05, 0) is 48.7 Å². The molecular weight excluding hydrogens is 190 g/mol. The molecule has 0 radical (unpaired) electrons. The van der Waals surface area contributed by atoms with Crippen molar-refractivity contribution in [1.29, 1.82) is 0 Å². The maximum Gasteiger partial charge on any atom is 0.0365 e. The Morgan fingerprint density at radius 2 is 2.29 bits per heavy atom. The molecule has 1 N–H and O–H groups in total. The summed E-state index contributed by atoms with van der Waals surface area (Å²) in [4.78, 5) is 0. The van der Waals surface area contributed by atoms with Gasteiger partial charge in [0.05, 0.1) is 0 Å². The third kappa shape index (κ3) is 2.69. The minimum Gasteiger partial charge on any atom is -0.313 e. The Morgan fingerprint density at radius 3 is 2.71 bits per heavy atom. The molecule has 1 aromatic rings. The maximum atomic E-state index is 4.06. The number of hydrogen-bond acceptors (Lipinski definition) is 2. The van der Waals surface area contributed by atoms with Crippen LogP contribution in [-0.4, -0.2) is 7.05 Å². The van der Waals surface area contributed by atoms with Crippen LogP contribution in [0.4, 0.5) is 0 Å². The van der Waals surface area contributed by atoms with Crippen LogP contribution in [0.3, 0.4) is 0 Å². The summed E-state index contributed by atoms with van der Waals surface area (Å²) in [5.41, 5.74) is 4.13. The van der Waals surface area contributed by atoms with E-state index in [-0.39, 0.29) is 0 Å². The molecule has 0 amide bonds. The number of aryl methyl sites for hydroxylation is 1. The highest BCUT2D eigenvalue weighted by Crippen LogP contribution is 2.26. The van der Waals surface area contributed by atoms with Crippen molar-refractivity contribution < 1.29 is 0 Å². The van der Waals surface area contributed by atoms with Crippen LogP contribution in [0, 0.1) is 6.92 Å². The van der Waals surface area contributed by atoms with Gasteiger partial charge in [-0.2, -0.15) is 11.3 Å². The Bertz CT molecular complexity index is 301. The van der Waals surface area contributed by atoms with Crippen LogP contribution in [0.25, 0.3) is 0 Å². The van der Waals surface area contributed by atoms with E-state index in [4.69, 9.17) is 0 Å². The Hall–Kier alpha value is -0.600. The Balaban J connectivity index is 2.72. The molecule has 14 heavy (non-hydrogen) atoms. The van der Waals surface area contributed by atoms with Gasteiger partial charge >= 0.3 is 0 Å². The van der Waals surface area contributed by atoms with Gasteiger partial charge in [-0.25, -0.2) is 0 Å². The third-order valence-corrected chi connectivity index (χ3v) is 3.49. The normalized spacial score (nSPS) is 12.8. The predicted molar refractivity (Wildman–Crippen MR) is 64.9 cm³/mol. The average Bonchev–Trinajstić information content (AvgIpc) is 2.60. The fraction of sp³-hybridized carbons (Fsp3) is 0.500. The molecule has 0 saturated heterocycles. The van der Waals surface area contributed by atoms with Crippen LogP contribution >= 0.6 is 11.3 Å². The van der Waals surface area contributed by atoms with Crippen molar-refractivity contribution in [2.75, 3.05) is 7.05 Å². The van der Waals surface area contributed by atoms with E-state index in [0.29, 0.717) is 6.04 Å². The van der Waals surface area contributed by atoms with Crippen LogP contribution in [0.2, 0.25) is 0 Å². The van der Waals surface area contributed by atoms with Crippen molar-refractivity contribution in [2.45, 2.75) is 32.7 Å². The molecule has 0 aliphatic carbocycles. The first kappa shape index (κ1) is 11.5. The molecule has 0 fully saturated rings. The number of nitrogens with one attached hydrogen (secondary N) is 1. The quantitative estimate of drug-likeness (QED) is 0.730. The summed E-state index contributed by atoms with van der Waals surface area (Å²) in [6.45, 7) is 8.40. The molecular formula is C12H19NS. The van der Waals surface area contributed by atoms with Crippen LogP contribution < -0.4 is 5.32 Å². The molecule has 0 bridgehead atoms. The smallest absolute Gasteiger partial charge is 0.0365 e. The van der Waals surface area contributed by atoms with E-state index >= 15 is 0 Å². The highest BCUT2D eigenvalue weighted by Gasteiger charge is 2.12. The standard InChI is InChI=1S/C12H19NS/c1-5-9(2)6-12(13-4)11-8-14-7-10(11)3/h7-8,12-13H,2,5-6H2,1,3-4H3. The lowest BCUT2D eigenvalue weighted by molar-refractivity contribution is 0.582. The van der Waals surface area contributed by atoms with Gasteiger partial charge in [-0.1, -0.05) is 19.1 Å². The monoisotopic (exact) mass is 209 g/mol. The Kier molecular flexibility index (Phi) is 4.36. The summed E-state index contributed by atoms with van der Waals surface area (Å²) < 4.78 is 0. The maximum absolute atomic E-state index is 4.06. The van der Waals surface area contributed by atoms with Crippen molar-refractivity contribution >= 4 is 11.3 Å². The summed E-state index contributed by atoms with van der Waals surface area (Å²) >= 11 is 1.77. The van der Waals surface area contributed by atoms with E-state index in [1.807, 2.05) is 7.05 Å². The van der Waals surface area contributed by atoms with Crippen molar-refractivity contribution in [1.82, 2.24) is 5.32 Å². The van der Waals surface area contributed by atoms with Crippen molar-refractivity contribution in [2.24, 2.45) is 0 Å². The highest BCUT2D eigenvalue weighted by molar-refractivity contribution is 7.08. The van der Waals surface area contributed by atoms with E-state index < -0.39 is 0 Å². The third-order valence-electron chi connectivity index (χ3n) is 2.61. The van der Waals surface area contributed by atoms with Gasteiger partial charge in [-0.15, -0.1) is 0 Å². The molecule has 78 valence electrons. The van der Waals surface area contributed by atoms with Gasteiger partial charge in [0.1, 0.15) is 0 Å². The number of hydrogen-bond donors (Lipinski definition) is 1. The summed E-state index contributed by atoms with van der Waals surface area (Å²) in [7, 11) is 2.02. The second-order valence-electron chi connectivity index (χ2n) is 3.66. The fourth-order valence-electron chi connectivity index (χ4n) is 1.53. The molecule has 2 heteroatoms. The predicted octanol–water partition coefficient (Wildman–Crippen LogP) is 3.67. The van der Waals surface area contributed by atoms with Crippen LogP contribution in [0.15, 0.2) is 22.9 Å². The van der Waals surface area contributed by atoms with E-state index in [1.165, 1.54) is 16.7 Å². The topological polar surface area (TPSA) is 12.0 Å². The van der Waals surface area contributed by atoms with Crippen LogP contribution in [0.1, 0.15) is 36.9 Å². The van der Waals surface area contributed by atoms with Crippen molar-refractivity contribution in [3.05, 3.63) is 34.0 Å². The number of thiophene rings is 1. The van der Waals surface area contributed by atoms with Gasteiger partial charge in [-0.3, -0.25) is 0 Å². The Labute approximate surface area is 90.9 Å². The van der Waals surface area contributed by atoms with Crippen molar-refractivity contribution in [3.63, 3.8) is 0 Å². The van der Waals surface area contributed by atoms with Gasteiger partial charge in [0.15, 0.2) is 0 Å². The molecule has 1 atom stereocenters. The molecule has 1 nitrogen and oxygen atoms in total. The summed E-state index contributed by atoms with van der Waals surface area (Å²) in [5.74, 6) is 0. The second-order valence-corrected chi connectivity index (χ2v) is 4.40. The molecule has 0 aliphatic heterocycles. The average molecular weight is 209 g/mol. The first-order valence-electron chi connectivity index (χ1n) is 5.05. The second kappa shape index (κ2) is 5.32. The molecule has 0 saturated carbocycles. The van der Waals surface area contributed by atoms with E-state index in [1.54, 1.807) is 11.3 Å². The lowest BCUT2D eigenvalue weighted by atomic mass is 9.98. The van der Waals surface area contributed by atoms with Crippen molar-refractivity contribution in [3.8, 4) is 0 Å². The van der Waals surface area contributed by atoms with Gasteiger partial charge in [0.2, 0.25) is 0 Å². The Morgan fingerprint density at radius 1 is 1.57 bits per heavy atom. The molecule has 1 rings (SSSR count). The lowest BCUT2D eigenvalue weighted by Crippen LogP contribution is -2.16. The van der Waals surface area contributed by atoms with Gasteiger partial charge in [0, 0.05) is 6.04 Å². The first-order valence-corrected chi connectivity index (χ1v) is 5.99. The zero-order chi connectivity index (χ0) is 10.6. The zero-order valence-electron chi connectivity index (χ0n) is 9.26.